The lowest BCUT2D eigenvalue weighted by atomic mass is 9.86. The van der Waals surface area contributed by atoms with E-state index < -0.39 is 5.97 Å². The van der Waals surface area contributed by atoms with Crippen molar-refractivity contribution < 1.29 is 19.5 Å². The minimum atomic E-state index is -0.752. The second-order valence-electron chi connectivity index (χ2n) is 7.44. The number of hydrogen-bond acceptors (Lipinski definition) is 4. The fraction of sp³-hybridized carbons (Fsp3) is 0.550. The maximum absolute atomic E-state index is 12.4. The Morgan fingerprint density at radius 3 is 1.64 bits per heavy atom. The molecule has 0 unspecified atom stereocenters. The molecule has 0 bridgehead atoms. The third-order valence-corrected chi connectivity index (χ3v) is 5.50. The lowest BCUT2D eigenvalue weighted by Crippen LogP contribution is -2.42. The van der Waals surface area contributed by atoms with Crippen LogP contribution in [-0.2, 0) is 4.79 Å². The van der Waals surface area contributed by atoms with Crippen LogP contribution in [-0.4, -0.2) is 48.1 Å². The zero-order chi connectivity index (χ0) is 19.2. The Balaban J connectivity index is 0.00000280. The van der Waals surface area contributed by atoms with Gasteiger partial charge in [0.2, 0.25) is 0 Å². The first-order valence-electron chi connectivity index (χ1n) is 9.68. The van der Waals surface area contributed by atoms with Gasteiger partial charge in [-0.15, -0.1) is 12.4 Å². The van der Waals surface area contributed by atoms with E-state index in [1.807, 2.05) is 0 Å². The number of piperidine rings is 1. The van der Waals surface area contributed by atoms with Gasteiger partial charge in [-0.25, -0.2) is 0 Å². The van der Waals surface area contributed by atoms with Crippen LogP contribution in [0.4, 0.5) is 0 Å². The fourth-order valence-corrected chi connectivity index (χ4v) is 3.76. The highest BCUT2D eigenvalue weighted by atomic mass is 35.5. The van der Waals surface area contributed by atoms with Gasteiger partial charge in [-0.2, -0.15) is 0 Å². The first-order valence-corrected chi connectivity index (χ1v) is 9.68. The second kappa shape index (κ2) is 10.4. The van der Waals surface area contributed by atoms with E-state index in [0.717, 1.165) is 25.9 Å². The molecule has 1 saturated heterocycles. The molecule has 1 saturated carbocycles. The van der Waals surface area contributed by atoms with Crippen LogP contribution in [0.5, 0.6) is 0 Å². The Labute approximate surface area is 171 Å². The quantitative estimate of drug-likeness (QED) is 0.594. The number of carboxylic acids is 1. The molecule has 1 aliphatic carbocycles. The molecule has 7 nitrogen and oxygen atoms in total. The summed E-state index contributed by atoms with van der Waals surface area (Å²) in [6.07, 6.45) is 4.40. The number of carbonyl (C=O) groups is 3. The fourth-order valence-electron chi connectivity index (χ4n) is 3.76. The summed E-state index contributed by atoms with van der Waals surface area (Å²) >= 11 is 0. The number of benzene rings is 1. The number of rotatable bonds is 5. The van der Waals surface area contributed by atoms with Crippen molar-refractivity contribution in [1.82, 2.24) is 16.0 Å². The standard InChI is InChI=1S/C20H27N3O4.ClH/c24-18(22-16-7-5-15(6-8-16)20(26)27)13-1-3-14(4-2-13)19(25)23-17-9-11-21-12-10-17;/h1-4,15-17,21H,5-12H2,(H,22,24)(H,23,25)(H,26,27);1H. The van der Waals surface area contributed by atoms with Crippen molar-refractivity contribution >= 4 is 30.2 Å². The van der Waals surface area contributed by atoms with E-state index in [1.165, 1.54) is 0 Å². The number of nitrogens with one attached hydrogen (secondary N) is 3. The van der Waals surface area contributed by atoms with E-state index >= 15 is 0 Å². The van der Waals surface area contributed by atoms with Crippen LogP contribution in [0.3, 0.4) is 0 Å². The molecule has 2 aliphatic rings. The van der Waals surface area contributed by atoms with Crippen LogP contribution in [0.1, 0.15) is 59.2 Å². The molecular formula is C20H28ClN3O4. The molecule has 0 atom stereocenters. The maximum atomic E-state index is 12.4. The van der Waals surface area contributed by atoms with Crippen molar-refractivity contribution in [2.45, 2.75) is 50.6 Å². The van der Waals surface area contributed by atoms with Gasteiger partial charge in [0.15, 0.2) is 0 Å². The normalized spacial score (nSPS) is 22.6. The Morgan fingerprint density at radius 2 is 1.21 bits per heavy atom. The van der Waals surface area contributed by atoms with Gasteiger partial charge in [-0.1, -0.05) is 0 Å². The van der Waals surface area contributed by atoms with Crippen molar-refractivity contribution in [1.29, 1.82) is 0 Å². The summed E-state index contributed by atoms with van der Waals surface area (Å²) < 4.78 is 0. The average molecular weight is 410 g/mol. The van der Waals surface area contributed by atoms with Crippen molar-refractivity contribution in [3.8, 4) is 0 Å². The first kappa shape index (κ1) is 22.2. The molecule has 2 fully saturated rings. The Kier molecular flexibility index (Phi) is 8.26. The maximum Gasteiger partial charge on any atom is 0.306 e. The van der Waals surface area contributed by atoms with Crippen LogP contribution < -0.4 is 16.0 Å². The smallest absolute Gasteiger partial charge is 0.306 e. The van der Waals surface area contributed by atoms with Crippen molar-refractivity contribution in [2.24, 2.45) is 5.92 Å². The number of hydrogen-bond donors (Lipinski definition) is 4. The molecule has 4 N–H and O–H groups in total. The van der Waals surface area contributed by atoms with E-state index in [9.17, 15) is 14.4 Å². The molecule has 1 aromatic rings. The Hall–Kier alpha value is -2.12. The van der Waals surface area contributed by atoms with Gasteiger partial charge in [-0.05, 0) is 75.9 Å². The molecule has 0 spiro atoms. The highest BCUT2D eigenvalue weighted by Crippen LogP contribution is 2.24. The van der Waals surface area contributed by atoms with Gasteiger partial charge >= 0.3 is 5.97 Å². The molecule has 1 aliphatic heterocycles. The molecule has 0 radical (unpaired) electrons. The molecular weight excluding hydrogens is 382 g/mol. The third kappa shape index (κ3) is 5.94. The van der Waals surface area contributed by atoms with Crippen LogP contribution in [0.15, 0.2) is 24.3 Å². The molecule has 3 rings (SSSR count). The first-order chi connectivity index (χ1) is 13.0. The van der Waals surface area contributed by atoms with Gasteiger partial charge in [0, 0.05) is 23.2 Å². The largest absolute Gasteiger partial charge is 0.481 e. The number of carboxylic acid groups (broad SMARTS) is 1. The van der Waals surface area contributed by atoms with Crippen LogP contribution >= 0.6 is 12.4 Å². The Morgan fingerprint density at radius 1 is 0.786 bits per heavy atom. The van der Waals surface area contributed by atoms with Crippen molar-refractivity contribution in [2.75, 3.05) is 13.1 Å². The highest BCUT2D eigenvalue weighted by Gasteiger charge is 2.27. The van der Waals surface area contributed by atoms with Crippen molar-refractivity contribution in [3.63, 3.8) is 0 Å². The lowest BCUT2D eigenvalue weighted by molar-refractivity contribution is -0.142. The monoisotopic (exact) mass is 409 g/mol. The summed E-state index contributed by atoms with van der Waals surface area (Å²) in [4.78, 5) is 35.7. The summed E-state index contributed by atoms with van der Waals surface area (Å²) in [7, 11) is 0. The SMILES string of the molecule is Cl.O=C(NC1CCNCC1)c1ccc(C(=O)NC2CCC(C(=O)O)CC2)cc1. The number of halogens is 1. The zero-order valence-electron chi connectivity index (χ0n) is 15.8. The lowest BCUT2D eigenvalue weighted by Gasteiger charge is -2.26. The van der Waals surface area contributed by atoms with Crippen molar-refractivity contribution in [3.05, 3.63) is 35.4 Å². The summed E-state index contributed by atoms with van der Waals surface area (Å²) in [5.41, 5.74) is 1.06. The van der Waals surface area contributed by atoms with E-state index in [0.29, 0.717) is 36.8 Å². The number of carbonyl (C=O) groups excluding carboxylic acids is 2. The van der Waals surface area contributed by atoms with E-state index in [2.05, 4.69) is 16.0 Å². The molecule has 28 heavy (non-hydrogen) atoms. The van der Waals surface area contributed by atoms with Gasteiger partial charge in [-0.3, -0.25) is 14.4 Å². The van der Waals surface area contributed by atoms with E-state index in [-0.39, 0.29) is 42.2 Å². The minimum Gasteiger partial charge on any atom is -0.481 e. The van der Waals surface area contributed by atoms with Gasteiger partial charge in [0.1, 0.15) is 0 Å². The molecule has 2 amide bonds. The molecule has 8 heteroatoms. The Bertz CT molecular complexity index is 681. The number of aliphatic carboxylic acids is 1. The van der Waals surface area contributed by atoms with Crippen LogP contribution in [0.25, 0.3) is 0 Å². The van der Waals surface area contributed by atoms with Gasteiger partial charge in [0.05, 0.1) is 5.92 Å². The van der Waals surface area contributed by atoms with E-state index in [1.54, 1.807) is 24.3 Å². The molecule has 1 heterocycles. The summed E-state index contributed by atoms with van der Waals surface area (Å²) in [5, 5.41) is 18.3. The zero-order valence-corrected chi connectivity index (χ0v) is 16.6. The molecule has 1 aromatic carbocycles. The predicted octanol–water partition coefficient (Wildman–Crippen LogP) is 1.96. The summed E-state index contributed by atoms with van der Waals surface area (Å²) in [5.74, 6) is -1.34. The average Bonchev–Trinajstić information content (AvgIpc) is 2.69. The van der Waals surface area contributed by atoms with Crippen LogP contribution in [0, 0.1) is 5.92 Å². The second-order valence-corrected chi connectivity index (χ2v) is 7.44. The molecule has 0 aromatic heterocycles. The topological polar surface area (TPSA) is 108 Å². The predicted molar refractivity (Wildman–Crippen MR) is 108 cm³/mol. The summed E-state index contributed by atoms with van der Waals surface area (Å²) in [6, 6.07) is 6.88. The summed E-state index contributed by atoms with van der Waals surface area (Å²) in [6.45, 7) is 1.83. The van der Waals surface area contributed by atoms with Gasteiger partial charge < -0.3 is 21.1 Å². The van der Waals surface area contributed by atoms with Gasteiger partial charge in [0.25, 0.3) is 11.8 Å². The molecule has 154 valence electrons. The third-order valence-electron chi connectivity index (χ3n) is 5.50. The van der Waals surface area contributed by atoms with E-state index in [4.69, 9.17) is 5.11 Å². The minimum absolute atomic E-state index is 0. The van der Waals surface area contributed by atoms with Crippen LogP contribution in [0.2, 0.25) is 0 Å². The highest BCUT2D eigenvalue weighted by molar-refractivity contribution is 5.98. The number of amides is 2.